The fourth-order valence-corrected chi connectivity index (χ4v) is 1.58. The van der Waals surface area contributed by atoms with E-state index in [4.69, 9.17) is 5.73 Å². The maximum Gasteiger partial charge on any atom is 0.165 e. The SMILES string of the molecule is C=C[C@@H](N)c1c(Br)ccc(F)c1O.Cl. The van der Waals surface area contributed by atoms with E-state index in [1.54, 1.807) is 0 Å². The molecule has 0 radical (unpaired) electrons. The van der Waals surface area contributed by atoms with Gasteiger partial charge in [-0.15, -0.1) is 19.0 Å². The first kappa shape index (κ1) is 13.4. The summed E-state index contributed by atoms with van der Waals surface area (Å²) in [5.74, 6) is -1.11. The lowest BCUT2D eigenvalue weighted by Crippen LogP contribution is -2.08. The van der Waals surface area contributed by atoms with Crippen molar-refractivity contribution in [3.05, 3.63) is 40.6 Å². The van der Waals surface area contributed by atoms with E-state index >= 15 is 0 Å². The number of phenols is 1. The third-order valence-electron chi connectivity index (χ3n) is 1.70. The highest BCUT2D eigenvalue weighted by Gasteiger charge is 2.15. The molecule has 1 aromatic rings. The molecule has 0 fully saturated rings. The van der Waals surface area contributed by atoms with Crippen LogP contribution in [0.15, 0.2) is 29.3 Å². The van der Waals surface area contributed by atoms with Gasteiger partial charge in [0.15, 0.2) is 11.6 Å². The van der Waals surface area contributed by atoms with Crippen molar-refractivity contribution >= 4 is 28.3 Å². The van der Waals surface area contributed by atoms with Crippen molar-refractivity contribution in [3.63, 3.8) is 0 Å². The minimum atomic E-state index is -0.685. The van der Waals surface area contributed by atoms with Crippen LogP contribution in [0.2, 0.25) is 0 Å². The van der Waals surface area contributed by atoms with Crippen LogP contribution in [0.1, 0.15) is 11.6 Å². The second kappa shape index (κ2) is 5.34. The summed E-state index contributed by atoms with van der Waals surface area (Å²) >= 11 is 3.17. The molecule has 0 spiro atoms. The van der Waals surface area contributed by atoms with Gasteiger partial charge in [0.25, 0.3) is 0 Å². The van der Waals surface area contributed by atoms with Gasteiger partial charge in [-0.25, -0.2) is 4.39 Å². The molecule has 0 aliphatic rings. The molecule has 0 saturated heterocycles. The van der Waals surface area contributed by atoms with Gasteiger partial charge in [0.1, 0.15) is 0 Å². The Hall–Kier alpha value is -0.580. The number of rotatable bonds is 2. The van der Waals surface area contributed by atoms with Gasteiger partial charge in [-0.3, -0.25) is 0 Å². The number of aromatic hydroxyl groups is 1. The van der Waals surface area contributed by atoms with Crippen molar-refractivity contribution in [1.29, 1.82) is 0 Å². The molecule has 0 saturated carbocycles. The van der Waals surface area contributed by atoms with Gasteiger partial charge in [0.05, 0.1) is 6.04 Å². The van der Waals surface area contributed by atoms with Gasteiger partial charge in [0, 0.05) is 10.0 Å². The zero-order valence-corrected chi connectivity index (χ0v) is 9.61. The maximum absolute atomic E-state index is 12.9. The van der Waals surface area contributed by atoms with Crippen LogP contribution in [0.5, 0.6) is 5.75 Å². The molecule has 0 unspecified atom stereocenters. The van der Waals surface area contributed by atoms with Crippen LogP contribution in [-0.4, -0.2) is 5.11 Å². The van der Waals surface area contributed by atoms with Gasteiger partial charge in [-0.2, -0.15) is 0 Å². The van der Waals surface area contributed by atoms with Crippen LogP contribution in [0, 0.1) is 5.82 Å². The monoisotopic (exact) mass is 281 g/mol. The van der Waals surface area contributed by atoms with Gasteiger partial charge in [0.2, 0.25) is 0 Å². The van der Waals surface area contributed by atoms with Crippen molar-refractivity contribution in [2.45, 2.75) is 6.04 Å². The first-order valence-corrected chi connectivity index (χ1v) is 4.42. The fourth-order valence-electron chi connectivity index (χ4n) is 0.992. The topological polar surface area (TPSA) is 46.2 Å². The van der Waals surface area contributed by atoms with Crippen LogP contribution in [0.3, 0.4) is 0 Å². The Kier molecular flexibility index (Phi) is 5.12. The molecule has 5 heteroatoms. The minimum absolute atomic E-state index is 0. The fraction of sp³-hybridized carbons (Fsp3) is 0.111. The number of hydrogen-bond acceptors (Lipinski definition) is 2. The van der Waals surface area contributed by atoms with Crippen LogP contribution in [-0.2, 0) is 0 Å². The molecule has 3 N–H and O–H groups in total. The Labute approximate surface area is 96.2 Å². The third-order valence-corrected chi connectivity index (χ3v) is 2.39. The number of hydrogen-bond donors (Lipinski definition) is 2. The summed E-state index contributed by atoms with van der Waals surface area (Å²) in [6, 6.07) is 2.08. The first-order valence-electron chi connectivity index (χ1n) is 3.63. The van der Waals surface area contributed by atoms with Crippen LogP contribution in [0.25, 0.3) is 0 Å². The number of phenolic OH excluding ortho intramolecular Hbond substituents is 1. The second-order valence-corrected chi connectivity index (χ2v) is 3.41. The molecule has 0 aliphatic heterocycles. The van der Waals surface area contributed by atoms with E-state index in [-0.39, 0.29) is 12.4 Å². The summed E-state index contributed by atoms with van der Waals surface area (Å²) in [6.07, 6.45) is 1.43. The van der Waals surface area contributed by atoms with Crippen molar-refractivity contribution < 1.29 is 9.50 Å². The second-order valence-electron chi connectivity index (χ2n) is 2.55. The van der Waals surface area contributed by atoms with E-state index < -0.39 is 17.6 Å². The summed E-state index contributed by atoms with van der Waals surface area (Å²) in [7, 11) is 0. The van der Waals surface area contributed by atoms with Crippen LogP contribution in [0.4, 0.5) is 4.39 Å². The first-order chi connectivity index (χ1) is 6.07. The molecular weight excluding hydrogens is 272 g/mol. The summed E-state index contributed by atoms with van der Waals surface area (Å²) in [5, 5.41) is 9.35. The van der Waals surface area contributed by atoms with Crippen LogP contribution < -0.4 is 5.73 Å². The lowest BCUT2D eigenvalue weighted by molar-refractivity contribution is 0.423. The lowest BCUT2D eigenvalue weighted by atomic mass is 10.1. The molecule has 0 heterocycles. The predicted octanol–water partition coefficient (Wildman–Crippen LogP) is 2.90. The highest BCUT2D eigenvalue weighted by molar-refractivity contribution is 9.10. The highest BCUT2D eigenvalue weighted by Crippen LogP contribution is 2.33. The Morgan fingerprint density at radius 3 is 2.64 bits per heavy atom. The van der Waals surface area contributed by atoms with Crippen molar-refractivity contribution in [2.24, 2.45) is 5.73 Å². The summed E-state index contributed by atoms with van der Waals surface area (Å²) in [6.45, 7) is 3.47. The largest absolute Gasteiger partial charge is 0.505 e. The number of halogens is 3. The maximum atomic E-state index is 12.9. The van der Waals surface area contributed by atoms with E-state index in [1.807, 2.05) is 0 Å². The van der Waals surface area contributed by atoms with Crippen LogP contribution >= 0.6 is 28.3 Å². The van der Waals surface area contributed by atoms with E-state index in [9.17, 15) is 9.50 Å². The molecule has 1 rings (SSSR count). The number of benzene rings is 1. The number of nitrogens with two attached hydrogens (primary N) is 1. The zero-order valence-electron chi connectivity index (χ0n) is 7.21. The van der Waals surface area contributed by atoms with Crippen molar-refractivity contribution in [3.8, 4) is 5.75 Å². The standard InChI is InChI=1S/C9H9BrFNO.ClH/c1-2-7(12)8-5(10)3-4-6(11)9(8)13;/h2-4,7,13H,1,12H2;1H/t7-;/m1./s1. The van der Waals surface area contributed by atoms with E-state index in [1.165, 1.54) is 18.2 Å². The highest BCUT2D eigenvalue weighted by atomic mass is 79.9. The quantitative estimate of drug-likeness (QED) is 0.819. The van der Waals surface area contributed by atoms with Crippen molar-refractivity contribution in [1.82, 2.24) is 0 Å². The molecule has 0 amide bonds. The normalized spacial score (nSPS) is 11.6. The van der Waals surface area contributed by atoms with E-state index in [0.29, 0.717) is 10.0 Å². The lowest BCUT2D eigenvalue weighted by Gasteiger charge is -2.11. The van der Waals surface area contributed by atoms with Gasteiger partial charge in [-0.05, 0) is 12.1 Å². The Morgan fingerprint density at radius 1 is 1.57 bits per heavy atom. The Bertz CT molecular complexity index is 346. The zero-order chi connectivity index (χ0) is 10.0. The van der Waals surface area contributed by atoms with E-state index in [0.717, 1.165) is 0 Å². The minimum Gasteiger partial charge on any atom is -0.505 e. The van der Waals surface area contributed by atoms with Gasteiger partial charge >= 0.3 is 0 Å². The van der Waals surface area contributed by atoms with Gasteiger partial charge < -0.3 is 10.8 Å². The molecule has 2 nitrogen and oxygen atoms in total. The van der Waals surface area contributed by atoms with Crippen molar-refractivity contribution in [2.75, 3.05) is 0 Å². The Morgan fingerprint density at radius 2 is 2.14 bits per heavy atom. The van der Waals surface area contributed by atoms with E-state index in [2.05, 4.69) is 22.5 Å². The smallest absolute Gasteiger partial charge is 0.165 e. The average molecular weight is 283 g/mol. The summed E-state index contributed by atoms with van der Waals surface area (Å²) in [4.78, 5) is 0. The van der Waals surface area contributed by atoms with Gasteiger partial charge in [-0.1, -0.05) is 22.0 Å². The predicted molar refractivity (Wildman–Crippen MR) is 60.1 cm³/mol. The third kappa shape index (κ3) is 2.47. The molecule has 0 aliphatic carbocycles. The Balaban J connectivity index is 0.00000169. The summed E-state index contributed by atoms with van der Waals surface area (Å²) < 4.78 is 13.5. The average Bonchev–Trinajstić information content (AvgIpc) is 2.12. The molecular formula is C9H10BrClFNO. The molecule has 1 aromatic carbocycles. The molecule has 78 valence electrons. The molecule has 0 aromatic heterocycles. The molecule has 14 heavy (non-hydrogen) atoms. The molecule has 1 atom stereocenters. The summed E-state index contributed by atoms with van der Waals surface area (Å²) in [5.41, 5.74) is 5.90. The molecule has 0 bridgehead atoms.